The minimum absolute atomic E-state index is 0.0903. The van der Waals surface area contributed by atoms with Crippen molar-refractivity contribution >= 4 is 11.4 Å². The van der Waals surface area contributed by atoms with Crippen LogP contribution in [0.3, 0.4) is 0 Å². The molecule has 6 nitrogen and oxygen atoms in total. The summed E-state index contributed by atoms with van der Waals surface area (Å²) in [6.45, 7) is 4.55. The molecular weight excluding hydrogens is 450 g/mol. The van der Waals surface area contributed by atoms with Crippen molar-refractivity contribution in [2.45, 2.75) is 31.9 Å². The van der Waals surface area contributed by atoms with Gasteiger partial charge in [0, 0.05) is 30.6 Å². The van der Waals surface area contributed by atoms with E-state index in [9.17, 15) is 13.6 Å². The summed E-state index contributed by atoms with van der Waals surface area (Å²) in [7, 11) is 0. The number of benzene rings is 2. The molecule has 2 aromatic carbocycles. The molecule has 3 heterocycles. The second kappa shape index (κ2) is 9.66. The quantitative estimate of drug-likeness (QED) is 0.347. The summed E-state index contributed by atoms with van der Waals surface area (Å²) in [5.41, 5.74) is 3.40. The van der Waals surface area contributed by atoms with E-state index in [1.54, 1.807) is 12.4 Å². The molecule has 0 spiro atoms. The van der Waals surface area contributed by atoms with Crippen LogP contribution in [0.2, 0.25) is 0 Å². The summed E-state index contributed by atoms with van der Waals surface area (Å²) >= 11 is 0. The van der Waals surface area contributed by atoms with Crippen LogP contribution in [0.5, 0.6) is 5.75 Å². The molecule has 0 unspecified atom stereocenters. The molecule has 0 N–H and O–H groups in total. The Kier molecular flexibility index (Phi) is 6.27. The van der Waals surface area contributed by atoms with Crippen LogP contribution >= 0.6 is 0 Å². The fraction of sp³-hybridized carbons (Fsp3) is 0.222. The van der Waals surface area contributed by atoms with Gasteiger partial charge in [-0.1, -0.05) is 30.8 Å². The standard InChI is InChI=1S/C27H24F2N4O2/c1-2-25(34)32-13-4-3-5-23(32)27-31-26(24-16-30-12-14-33(24)27)19-8-6-18(7-9-19)17-35-20-10-11-21(28)22(29)15-20/h2,6-12,14-16,23H,1,3-5,13,17H2/t23-/m0/s1. The van der Waals surface area contributed by atoms with Gasteiger partial charge in [0.25, 0.3) is 0 Å². The predicted molar refractivity (Wildman–Crippen MR) is 128 cm³/mol. The average molecular weight is 475 g/mol. The van der Waals surface area contributed by atoms with Gasteiger partial charge in [-0.15, -0.1) is 0 Å². The SMILES string of the molecule is C=CC(=O)N1CCCC[C@H]1c1nc(-c2ccc(COc3ccc(F)c(F)c3)cc2)c2cnccn12. The van der Waals surface area contributed by atoms with Gasteiger partial charge in [-0.2, -0.15) is 0 Å². The monoisotopic (exact) mass is 474 g/mol. The van der Waals surface area contributed by atoms with Crippen molar-refractivity contribution < 1.29 is 18.3 Å². The van der Waals surface area contributed by atoms with Gasteiger partial charge in [0.05, 0.1) is 23.4 Å². The molecule has 35 heavy (non-hydrogen) atoms. The molecule has 1 amide bonds. The van der Waals surface area contributed by atoms with Crippen molar-refractivity contribution in [1.82, 2.24) is 19.3 Å². The highest BCUT2D eigenvalue weighted by molar-refractivity contribution is 5.87. The maximum Gasteiger partial charge on any atom is 0.246 e. The maximum atomic E-state index is 13.4. The highest BCUT2D eigenvalue weighted by atomic mass is 19.2. The molecule has 178 valence electrons. The first-order valence-corrected chi connectivity index (χ1v) is 11.5. The number of imidazole rings is 1. The van der Waals surface area contributed by atoms with Gasteiger partial charge < -0.3 is 9.64 Å². The Morgan fingerprint density at radius 2 is 1.97 bits per heavy atom. The molecule has 8 heteroatoms. The number of ether oxygens (including phenoxy) is 1. The summed E-state index contributed by atoms with van der Waals surface area (Å²) in [5, 5.41) is 0. The summed E-state index contributed by atoms with van der Waals surface area (Å²) < 4.78 is 34.1. The summed E-state index contributed by atoms with van der Waals surface area (Å²) in [5.74, 6) is -0.881. The van der Waals surface area contributed by atoms with Crippen molar-refractivity contribution in [3.8, 4) is 17.0 Å². The second-order valence-electron chi connectivity index (χ2n) is 8.46. The van der Waals surface area contributed by atoms with Gasteiger partial charge in [-0.25, -0.2) is 13.8 Å². The van der Waals surface area contributed by atoms with E-state index in [0.717, 1.165) is 59.6 Å². The van der Waals surface area contributed by atoms with Crippen molar-refractivity contribution in [2.75, 3.05) is 6.54 Å². The smallest absolute Gasteiger partial charge is 0.246 e. The number of fused-ring (bicyclic) bond motifs is 1. The lowest BCUT2D eigenvalue weighted by molar-refractivity contribution is -0.129. The van der Waals surface area contributed by atoms with Crippen molar-refractivity contribution in [3.05, 3.63) is 96.7 Å². The number of rotatable bonds is 6. The van der Waals surface area contributed by atoms with Crippen LogP contribution in [0.15, 0.2) is 73.7 Å². The third-order valence-electron chi connectivity index (χ3n) is 6.26. The Morgan fingerprint density at radius 3 is 2.74 bits per heavy atom. The number of nitrogens with zero attached hydrogens (tertiary/aromatic N) is 4. The van der Waals surface area contributed by atoms with E-state index in [4.69, 9.17) is 9.72 Å². The third-order valence-corrected chi connectivity index (χ3v) is 6.26. The molecule has 0 radical (unpaired) electrons. The van der Waals surface area contributed by atoms with Gasteiger partial charge in [-0.05, 0) is 43.0 Å². The molecule has 1 saturated heterocycles. The van der Waals surface area contributed by atoms with Gasteiger partial charge in [0.1, 0.15) is 18.2 Å². The predicted octanol–water partition coefficient (Wildman–Crippen LogP) is 5.49. The number of carbonyl (C=O) groups excluding carboxylic acids is 1. The number of amides is 1. The van der Waals surface area contributed by atoms with Crippen molar-refractivity contribution in [3.63, 3.8) is 0 Å². The lowest BCUT2D eigenvalue weighted by Gasteiger charge is -2.34. The lowest BCUT2D eigenvalue weighted by Crippen LogP contribution is -2.38. The van der Waals surface area contributed by atoms with Crippen molar-refractivity contribution in [1.29, 1.82) is 0 Å². The van der Waals surface area contributed by atoms with Crippen LogP contribution in [-0.4, -0.2) is 31.7 Å². The molecule has 0 aliphatic carbocycles. The van der Waals surface area contributed by atoms with E-state index >= 15 is 0 Å². The molecule has 0 bridgehead atoms. The fourth-order valence-corrected chi connectivity index (χ4v) is 4.48. The van der Waals surface area contributed by atoms with Gasteiger partial charge in [0.2, 0.25) is 5.91 Å². The molecule has 5 rings (SSSR count). The maximum absolute atomic E-state index is 13.4. The Bertz CT molecular complexity index is 1380. The Hall–Kier alpha value is -4.07. The molecule has 4 aromatic rings. The highest BCUT2D eigenvalue weighted by Gasteiger charge is 2.30. The van der Waals surface area contributed by atoms with Crippen LogP contribution < -0.4 is 4.74 Å². The van der Waals surface area contributed by atoms with Crippen molar-refractivity contribution in [2.24, 2.45) is 0 Å². The van der Waals surface area contributed by atoms with Gasteiger partial charge in [-0.3, -0.25) is 14.2 Å². The normalized spacial score (nSPS) is 15.8. The molecule has 1 aliphatic heterocycles. The van der Waals surface area contributed by atoms with E-state index in [2.05, 4.69) is 11.6 Å². The molecule has 0 saturated carbocycles. The zero-order chi connectivity index (χ0) is 24.4. The number of hydrogen-bond donors (Lipinski definition) is 0. The third kappa shape index (κ3) is 4.51. The number of halogens is 2. The van der Waals surface area contributed by atoms with Gasteiger partial charge >= 0.3 is 0 Å². The summed E-state index contributed by atoms with van der Waals surface area (Å²) in [4.78, 5) is 23.6. The molecular formula is C27H24F2N4O2. The van der Waals surface area contributed by atoms with Crippen LogP contribution in [0.25, 0.3) is 16.8 Å². The zero-order valence-corrected chi connectivity index (χ0v) is 19.0. The minimum Gasteiger partial charge on any atom is -0.489 e. The number of aromatic nitrogens is 3. The molecule has 1 fully saturated rings. The van der Waals surface area contributed by atoms with E-state index in [-0.39, 0.29) is 24.3 Å². The minimum atomic E-state index is -0.944. The largest absolute Gasteiger partial charge is 0.489 e. The average Bonchev–Trinajstić information content (AvgIpc) is 3.29. The summed E-state index contributed by atoms with van der Waals surface area (Å²) in [6.07, 6.45) is 9.53. The first-order valence-electron chi connectivity index (χ1n) is 11.5. The Balaban J connectivity index is 1.42. The van der Waals surface area contributed by atoms with Gasteiger partial charge in [0.15, 0.2) is 11.6 Å². The molecule has 1 aliphatic rings. The van der Waals surface area contributed by atoms with Crippen LogP contribution in [0.4, 0.5) is 8.78 Å². The first kappa shape index (κ1) is 22.7. The van der Waals surface area contributed by atoms with Crippen LogP contribution in [0, 0.1) is 11.6 Å². The van der Waals surface area contributed by atoms with Crippen LogP contribution in [-0.2, 0) is 11.4 Å². The fourth-order valence-electron chi connectivity index (χ4n) is 4.48. The lowest BCUT2D eigenvalue weighted by atomic mass is 10.0. The molecule has 2 aromatic heterocycles. The van der Waals surface area contributed by atoms with E-state index < -0.39 is 11.6 Å². The first-order chi connectivity index (χ1) is 17.0. The summed E-state index contributed by atoms with van der Waals surface area (Å²) in [6, 6.07) is 11.0. The number of piperidine rings is 1. The highest BCUT2D eigenvalue weighted by Crippen LogP contribution is 2.34. The van der Waals surface area contributed by atoms with E-state index in [1.165, 1.54) is 12.1 Å². The Morgan fingerprint density at radius 1 is 1.14 bits per heavy atom. The van der Waals surface area contributed by atoms with Crippen LogP contribution in [0.1, 0.15) is 36.7 Å². The molecule has 1 atom stereocenters. The Labute approximate surface area is 201 Å². The number of likely N-dealkylation sites (tertiary alicyclic amines) is 1. The number of carbonyl (C=O) groups is 1. The van der Waals surface area contributed by atoms with E-state index in [1.807, 2.05) is 39.8 Å². The topological polar surface area (TPSA) is 59.7 Å². The zero-order valence-electron chi connectivity index (χ0n) is 19.0. The second-order valence-corrected chi connectivity index (χ2v) is 8.46. The number of hydrogen-bond acceptors (Lipinski definition) is 4. The van der Waals surface area contributed by atoms with E-state index in [0.29, 0.717) is 6.54 Å².